The van der Waals surface area contributed by atoms with Crippen molar-refractivity contribution in [3.8, 4) is 0 Å². The molecule has 1 aromatic carbocycles. The predicted octanol–water partition coefficient (Wildman–Crippen LogP) is 1.70. The Kier molecular flexibility index (Phi) is 3.81. The summed E-state index contributed by atoms with van der Waals surface area (Å²) in [4.78, 5) is -0.381. The number of halogens is 3. The zero-order valence-corrected chi connectivity index (χ0v) is 11.6. The van der Waals surface area contributed by atoms with E-state index in [1.165, 1.54) is 4.68 Å². The number of nitrogens with one attached hydrogen (secondary N) is 1. The number of anilines is 2. The Hall–Kier alpha value is -2.23. The Labute approximate surface area is 118 Å². The normalized spacial score (nSPS) is 11.6. The van der Waals surface area contributed by atoms with E-state index in [1.54, 1.807) is 11.6 Å². The van der Waals surface area contributed by atoms with Crippen molar-refractivity contribution >= 4 is 21.5 Å². The third-order valence-electron chi connectivity index (χ3n) is 2.65. The fourth-order valence-electron chi connectivity index (χ4n) is 1.59. The van der Waals surface area contributed by atoms with Crippen LogP contribution >= 0.6 is 0 Å². The van der Waals surface area contributed by atoms with Gasteiger partial charge in [-0.05, 0) is 19.1 Å². The quantitative estimate of drug-likeness (QED) is 0.839. The number of benzene rings is 1. The van der Waals surface area contributed by atoms with Crippen LogP contribution in [0.25, 0.3) is 0 Å². The van der Waals surface area contributed by atoms with Gasteiger partial charge in [-0.2, -0.15) is 5.10 Å². The van der Waals surface area contributed by atoms with Crippen LogP contribution in [0.15, 0.2) is 23.2 Å². The van der Waals surface area contributed by atoms with Gasteiger partial charge in [0, 0.05) is 12.7 Å². The van der Waals surface area contributed by atoms with E-state index >= 15 is 0 Å². The number of nitrogen functional groups attached to an aromatic ring is 1. The van der Waals surface area contributed by atoms with Crippen LogP contribution in [0.3, 0.4) is 0 Å². The molecule has 0 aliphatic carbocycles. The minimum atomic E-state index is -4.27. The van der Waals surface area contributed by atoms with Gasteiger partial charge in [0.05, 0.1) is 5.69 Å². The van der Waals surface area contributed by atoms with Gasteiger partial charge in [0.15, 0.2) is 23.3 Å². The van der Waals surface area contributed by atoms with Crippen LogP contribution in [0, 0.1) is 17.5 Å². The molecule has 0 amide bonds. The predicted molar refractivity (Wildman–Crippen MR) is 69.4 cm³/mol. The largest absolute Gasteiger partial charge is 0.381 e. The fourth-order valence-corrected chi connectivity index (χ4v) is 2.73. The Morgan fingerprint density at radius 2 is 1.95 bits per heavy atom. The van der Waals surface area contributed by atoms with Gasteiger partial charge in [-0.1, -0.05) is 0 Å². The molecule has 0 aliphatic heterocycles. The summed E-state index contributed by atoms with van der Waals surface area (Å²) in [6.45, 7) is 2.09. The molecule has 10 heteroatoms. The molecule has 2 aromatic rings. The molecule has 1 heterocycles. The van der Waals surface area contributed by atoms with E-state index in [0.29, 0.717) is 12.6 Å². The molecule has 0 radical (unpaired) electrons. The lowest BCUT2D eigenvalue weighted by Gasteiger charge is -2.08. The lowest BCUT2D eigenvalue weighted by molar-refractivity contribution is 0.449. The molecule has 0 fully saturated rings. The minimum absolute atomic E-state index is 0.285. The maximum atomic E-state index is 13.5. The van der Waals surface area contributed by atoms with Gasteiger partial charge in [0.25, 0.3) is 10.0 Å². The Balaban J connectivity index is 2.42. The van der Waals surface area contributed by atoms with Crippen LogP contribution in [0.2, 0.25) is 0 Å². The van der Waals surface area contributed by atoms with Gasteiger partial charge in [0.2, 0.25) is 0 Å². The molecule has 1 aromatic heterocycles. The molecular weight excluding hydrogens is 309 g/mol. The van der Waals surface area contributed by atoms with Crippen molar-refractivity contribution in [3.63, 3.8) is 0 Å². The number of nitrogens with zero attached hydrogens (tertiary/aromatic N) is 2. The first kappa shape index (κ1) is 15.2. The van der Waals surface area contributed by atoms with E-state index in [4.69, 9.17) is 5.73 Å². The van der Waals surface area contributed by atoms with Gasteiger partial charge in [0.1, 0.15) is 4.90 Å². The van der Waals surface area contributed by atoms with Crippen molar-refractivity contribution in [1.29, 1.82) is 0 Å². The first-order valence-corrected chi connectivity index (χ1v) is 7.23. The van der Waals surface area contributed by atoms with Crippen molar-refractivity contribution < 1.29 is 21.6 Å². The monoisotopic (exact) mass is 320 g/mol. The average molecular weight is 320 g/mol. The van der Waals surface area contributed by atoms with Crippen LogP contribution in [-0.4, -0.2) is 18.2 Å². The van der Waals surface area contributed by atoms with E-state index in [0.717, 1.165) is 12.3 Å². The first-order valence-electron chi connectivity index (χ1n) is 5.75. The van der Waals surface area contributed by atoms with Crippen LogP contribution < -0.4 is 10.5 Å². The van der Waals surface area contributed by atoms with Crippen molar-refractivity contribution in [2.45, 2.75) is 18.4 Å². The van der Waals surface area contributed by atoms with Crippen LogP contribution in [0.5, 0.6) is 0 Å². The molecular formula is C11H11F3N4O2S. The molecule has 114 valence electrons. The molecule has 21 heavy (non-hydrogen) atoms. The molecule has 2 rings (SSSR count). The molecule has 0 unspecified atom stereocenters. The molecule has 3 N–H and O–H groups in total. The first-order chi connectivity index (χ1) is 9.76. The SMILES string of the molecule is CCn1cc(S(=O)(=O)Nc2ccc(F)c(F)c2F)c(N)n1. The molecule has 0 aliphatic rings. The molecule has 0 bridgehead atoms. The number of hydrogen-bond donors (Lipinski definition) is 2. The summed E-state index contributed by atoms with van der Waals surface area (Å²) < 4.78 is 66.6. The Bertz CT molecular complexity index is 789. The number of hydrogen-bond acceptors (Lipinski definition) is 4. The van der Waals surface area contributed by atoms with Gasteiger partial charge < -0.3 is 5.73 Å². The highest BCUT2D eigenvalue weighted by Crippen LogP contribution is 2.24. The fraction of sp³-hybridized carbons (Fsp3) is 0.182. The molecule has 0 atom stereocenters. The number of nitrogens with two attached hydrogens (primary N) is 1. The summed E-state index contributed by atoms with van der Waals surface area (Å²) in [5, 5.41) is 3.74. The second-order valence-corrected chi connectivity index (χ2v) is 5.71. The topological polar surface area (TPSA) is 90.0 Å². The average Bonchev–Trinajstić information content (AvgIpc) is 2.81. The van der Waals surface area contributed by atoms with Crippen molar-refractivity contribution in [1.82, 2.24) is 9.78 Å². The third-order valence-corrected chi connectivity index (χ3v) is 4.03. The van der Waals surface area contributed by atoms with Crippen LogP contribution in [0.1, 0.15) is 6.92 Å². The number of aryl methyl sites for hydroxylation is 1. The smallest absolute Gasteiger partial charge is 0.267 e. The summed E-state index contributed by atoms with van der Waals surface area (Å²) in [5.41, 5.74) is 4.75. The van der Waals surface area contributed by atoms with Gasteiger partial charge >= 0.3 is 0 Å². The van der Waals surface area contributed by atoms with Crippen molar-refractivity contribution in [2.24, 2.45) is 0 Å². The number of sulfonamides is 1. The standard InChI is InChI=1S/C11H11F3N4O2S/c1-2-18-5-8(11(15)16-18)21(19,20)17-7-4-3-6(12)9(13)10(7)14/h3-5,17H,2H2,1H3,(H2,15,16). The van der Waals surface area contributed by atoms with Crippen LogP contribution in [-0.2, 0) is 16.6 Å². The summed E-state index contributed by atoms with van der Waals surface area (Å²) in [6.07, 6.45) is 1.15. The van der Waals surface area contributed by atoms with Gasteiger partial charge in [-0.15, -0.1) is 0 Å². The second kappa shape index (κ2) is 5.28. The lowest BCUT2D eigenvalue weighted by atomic mass is 10.3. The molecule has 6 nitrogen and oxygen atoms in total. The molecule has 0 saturated carbocycles. The highest BCUT2D eigenvalue weighted by molar-refractivity contribution is 7.92. The molecule has 0 saturated heterocycles. The van der Waals surface area contributed by atoms with E-state index in [9.17, 15) is 21.6 Å². The van der Waals surface area contributed by atoms with Crippen molar-refractivity contribution in [3.05, 3.63) is 35.8 Å². The van der Waals surface area contributed by atoms with Gasteiger partial charge in [-0.3, -0.25) is 9.40 Å². The third kappa shape index (κ3) is 2.79. The Morgan fingerprint density at radius 3 is 2.52 bits per heavy atom. The second-order valence-electron chi connectivity index (χ2n) is 4.06. The number of rotatable bonds is 4. The summed E-state index contributed by atoms with van der Waals surface area (Å²) in [6, 6.07) is 1.38. The summed E-state index contributed by atoms with van der Waals surface area (Å²) >= 11 is 0. The zero-order chi connectivity index (χ0) is 15.8. The number of aromatic nitrogens is 2. The maximum Gasteiger partial charge on any atom is 0.267 e. The summed E-state index contributed by atoms with van der Waals surface area (Å²) in [5.74, 6) is -5.12. The van der Waals surface area contributed by atoms with E-state index < -0.39 is 33.2 Å². The Morgan fingerprint density at radius 1 is 1.29 bits per heavy atom. The maximum absolute atomic E-state index is 13.5. The van der Waals surface area contributed by atoms with E-state index in [2.05, 4.69) is 5.10 Å². The van der Waals surface area contributed by atoms with E-state index in [1.807, 2.05) is 0 Å². The van der Waals surface area contributed by atoms with Crippen LogP contribution in [0.4, 0.5) is 24.7 Å². The van der Waals surface area contributed by atoms with E-state index in [-0.39, 0.29) is 10.7 Å². The lowest BCUT2D eigenvalue weighted by Crippen LogP contribution is -2.15. The van der Waals surface area contributed by atoms with Crippen molar-refractivity contribution in [2.75, 3.05) is 10.5 Å². The van der Waals surface area contributed by atoms with Gasteiger partial charge in [-0.25, -0.2) is 21.6 Å². The zero-order valence-electron chi connectivity index (χ0n) is 10.8. The molecule has 0 spiro atoms. The highest BCUT2D eigenvalue weighted by Gasteiger charge is 2.24. The highest BCUT2D eigenvalue weighted by atomic mass is 32.2. The summed E-state index contributed by atoms with van der Waals surface area (Å²) in [7, 11) is -4.27. The minimum Gasteiger partial charge on any atom is -0.381 e.